The van der Waals surface area contributed by atoms with Crippen LogP contribution in [-0.2, 0) is 0 Å². The van der Waals surface area contributed by atoms with Gasteiger partial charge in [-0.25, -0.2) is 0 Å². The van der Waals surface area contributed by atoms with Crippen LogP contribution in [0.3, 0.4) is 0 Å². The Morgan fingerprint density at radius 1 is 1.19 bits per heavy atom. The summed E-state index contributed by atoms with van der Waals surface area (Å²) in [4.78, 5) is 10.5. The number of benzene rings is 2. The summed E-state index contributed by atoms with van der Waals surface area (Å²) in [6.07, 6.45) is 0. The molecule has 0 fully saturated rings. The molecule has 0 saturated carbocycles. The highest BCUT2D eigenvalue weighted by Gasteiger charge is 2.12. The molecule has 0 heterocycles. The predicted octanol–water partition coefficient (Wildman–Crippen LogP) is 4.10. The van der Waals surface area contributed by atoms with Crippen LogP contribution < -0.4 is 5.32 Å². The molecule has 0 unspecified atom stereocenters. The Labute approximate surface area is 122 Å². The minimum absolute atomic E-state index is 0.0187. The lowest BCUT2D eigenvalue weighted by molar-refractivity contribution is -0.384. The second kappa shape index (κ2) is 7.14. The minimum Gasteiger partial charge on any atom is -0.383 e. The monoisotopic (exact) mass is 284 g/mol. The summed E-state index contributed by atoms with van der Waals surface area (Å²) < 4.78 is 0. The molecule has 0 saturated heterocycles. The Balaban J connectivity index is 1.91. The summed E-state index contributed by atoms with van der Waals surface area (Å²) in [7, 11) is 0. The van der Waals surface area contributed by atoms with Gasteiger partial charge in [-0.05, 0) is 30.7 Å². The van der Waals surface area contributed by atoms with Crippen LogP contribution in [0.5, 0.6) is 0 Å². The zero-order valence-electron chi connectivity index (χ0n) is 11.7. The molecule has 0 radical (unpaired) electrons. The standard InChI is InChI=1S/C15H16N4O2/c1-12-7-8-14(15(11-12)19(20)21)18-17-10-9-16-13-5-3-2-4-6-13/h2-8,11,16H,9-10H2,1H3. The number of aryl methyl sites for hydroxylation is 1. The van der Waals surface area contributed by atoms with E-state index in [-0.39, 0.29) is 11.4 Å². The van der Waals surface area contributed by atoms with Crippen molar-refractivity contribution in [3.8, 4) is 0 Å². The molecule has 1 N–H and O–H groups in total. The van der Waals surface area contributed by atoms with Gasteiger partial charge < -0.3 is 5.32 Å². The number of hydrogen-bond acceptors (Lipinski definition) is 5. The minimum atomic E-state index is -0.441. The van der Waals surface area contributed by atoms with E-state index in [0.29, 0.717) is 13.1 Å². The molecule has 0 spiro atoms. The van der Waals surface area contributed by atoms with Crippen LogP contribution in [0.25, 0.3) is 0 Å². The van der Waals surface area contributed by atoms with Crippen molar-refractivity contribution < 1.29 is 4.92 Å². The van der Waals surface area contributed by atoms with Crippen LogP contribution >= 0.6 is 0 Å². The van der Waals surface area contributed by atoms with Crippen molar-refractivity contribution in [2.24, 2.45) is 10.2 Å². The van der Waals surface area contributed by atoms with E-state index in [1.54, 1.807) is 19.1 Å². The summed E-state index contributed by atoms with van der Waals surface area (Å²) in [5.41, 5.74) is 2.10. The maximum atomic E-state index is 10.9. The van der Waals surface area contributed by atoms with Gasteiger partial charge in [-0.3, -0.25) is 10.1 Å². The largest absolute Gasteiger partial charge is 0.383 e. The lowest BCUT2D eigenvalue weighted by Gasteiger charge is -2.02. The van der Waals surface area contributed by atoms with Gasteiger partial charge in [0.25, 0.3) is 5.69 Å². The first-order chi connectivity index (χ1) is 10.2. The molecule has 0 bridgehead atoms. The molecule has 0 aliphatic rings. The van der Waals surface area contributed by atoms with Gasteiger partial charge in [0, 0.05) is 18.3 Å². The third kappa shape index (κ3) is 4.38. The summed E-state index contributed by atoms with van der Waals surface area (Å²) in [6.45, 7) is 2.87. The van der Waals surface area contributed by atoms with E-state index < -0.39 is 4.92 Å². The highest BCUT2D eigenvalue weighted by molar-refractivity contribution is 5.57. The van der Waals surface area contributed by atoms with Gasteiger partial charge in [-0.15, -0.1) is 5.11 Å². The van der Waals surface area contributed by atoms with E-state index in [0.717, 1.165) is 11.3 Å². The second-order valence-corrected chi connectivity index (χ2v) is 4.51. The predicted molar refractivity (Wildman–Crippen MR) is 82.1 cm³/mol. The van der Waals surface area contributed by atoms with Crippen LogP contribution in [0.2, 0.25) is 0 Å². The molecular weight excluding hydrogens is 268 g/mol. The smallest absolute Gasteiger partial charge is 0.296 e. The van der Waals surface area contributed by atoms with Crippen molar-refractivity contribution in [2.75, 3.05) is 18.4 Å². The van der Waals surface area contributed by atoms with Crippen LogP contribution in [0.1, 0.15) is 5.56 Å². The van der Waals surface area contributed by atoms with E-state index in [2.05, 4.69) is 15.5 Å². The maximum Gasteiger partial charge on any atom is 0.296 e. The van der Waals surface area contributed by atoms with Gasteiger partial charge in [0.15, 0.2) is 5.69 Å². The highest BCUT2D eigenvalue weighted by atomic mass is 16.6. The van der Waals surface area contributed by atoms with Crippen LogP contribution in [0.4, 0.5) is 17.1 Å². The average molecular weight is 284 g/mol. The molecule has 2 aromatic rings. The SMILES string of the molecule is Cc1ccc(N=NCCNc2ccccc2)c([N+](=O)[O-])c1. The lowest BCUT2D eigenvalue weighted by atomic mass is 10.2. The topological polar surface area (TPSA) is 79.9 Å². The summed E-state index contributed by atoms with van der Waals surface area (Å²) in [5, 5.41) is 22.1. The molecule has 0 aliphatic carbocycles. The Morgan fingerprint density at radius 3 is 2.67 bits per heavy atom. The van der Waals surface area contributed by atoms with Crippen molar-refractivity contribution in [1.29, 1.82) is 0 Å². The third-order valence-corrected chi connectivity index (χ3v) is 2.82. The maximum absolute atomic E-state index is 10.9. The van der Waals surface area contributed by atoms with Gasteiger partial charge in [0.1, 0.15) is 0 Å². The Bertz CT molecular complexity index is 641. The van der Waals surface area contributed by atoms with E-state index in [1.165, 1.54) is 6.07 Å². The molecule has 0 aromatic heterocycles. The summed E-state index contributed by atoms with van der Waals surface area (Å²) in [6, 6.07) is 14.6. The third-order valence-electron chi connectivity index (χ3n) is 2.82. The van der Waals surface area contributed by atoms with Gasteiger partial charge in [-0.2, -0.15) is 5.11 Å². The van der Waals surface area contributed by atoms with Gasteiger partial charge in [-0.1, -0.05) is 24.3 Å². The number of rotatable bonds is 6. The first-order valence-electron chi connectivity index (χ1n) is 6.58. The van der Waals surface area contributed by atoms with Crippen molar-refractivity contribution in [3.05, 3.63) is 64.2 Å². The Morgan fingerprint density at radius 2 is 1.95 bits per heavy atom. The summed E-state index contributed by atoms with van der Waals surface area (Å²) in [5.74, 6) is 0. The number of para-hydroxylation sites is 1. The van der Waals surface area contributed by atoms with Crippen molar-refractivity contribution in [1.82, 2.24) is 0 Å². The average Bonchev–Trinajstić information content (AvgIpc) is 2.49. The zero-order valence-corrected chi connectivity index (χ0v) is 11.7. The van der Waals surface area contributed by atoms with Gasteiger partial charge in [0.2, 0.25) is 0 Å². The first-order valence-corrected chi connectivity index (χ1v) is 6.58. The summed E-state index contributed by atoms with van der Waals surface area (Å²) >= 11 is 0. The zero-order chi connectivity index (χ0) is 15.1. The van der Waals surface area contributed by atoms with Gasteiger partial charge >= 0.3 is 0 Å². The van der Waals surface area contributed by atoms with E-state index in [1.807, 2.05) is 30.3 Å². The molecule has 2 aromatic carbocycles. The van der Waals surface area contributed by atoms with E-state index in [9.17, 15) is 10.1 Å². The molecule has 0 atom stereocenters. The van der Waals surface area contributed by atoms with Crippen LogP contribution in [-0.4, -0.2) is 18.0 Å². The lowest BCUT2D eigenvalue weighted by Crippen LogP contribution is -2.03. The number of nitro groups is 1. The highest BCUT2D eigenvalue weighted by Crippen LogP contribution is 2.28. The number of anilines is 1. The van der Waals surface area contributed by atoms with Crippen molar-refractivity contribution in [2.45, 2.75) is 6.92 Å². The Kier molecular flexibility index (Phi) is 4.98. The second-order valence-electron chi connectivity index (χ2n) is 4.51. The Hall–Kier alpha value is -2.76. The van der Waals surface area contributed by atoms with E-state index >= 15 is 0 Å². The van der Waals surface area contributed by atoms with Crippen molar-refractivity contribution in [3.63, 3.8) is 0 Å². The number of hydrogen-bond donors (Lipinski definition) is 1. The van der Waals surface area contributed by atoms with Crippen molar-refractivity contribution >= 4 is 17.1 Å². The fraction of sp³-hybridized carbons (Fsp3) is 0.200. The van der Waals surface area contributed by atoms with Gasteiger partial charge in [0.05, 0.1) is 11.5 Å². The molecule has 0 aliphatic heterocycles. The molecule has 21 heavy (non-hydrogen) atoms. The molecule has 2 rings (SSSR count). The quantitative estimate of drug-likeness (QED) is 0.375. The first kappa shape index (κ1) is 14.6. The number of nitrogens with zero attached hydrogens (tertiary/aromatic N) is 3. The van der Waals surface area contributed by atoms with Crippen LogP contribution in [0, 0.1) is 17.0 Å². The molecule has 0 amide bonds. The number of nitrogens with one attached hydrogen (secondary N) is 1. The number of azo groups is 1. The molecular formula is C15H16N4O2. The molecule has 108 valence electrons. The van der Waals surface area contributed by atoms with Crippen LogP contribution in [0.15, 0.2) is 58.8 Å². The number of nitro benzene ring substituents is 1. The normalized spacial score (nSPS) is 10.7. The molecule has 6 heteroatoms. The molecule has 6 nitrogen and oxygen atoms in total. The fourth-order valence-corrected chi connectivity index (χ4v) is 1.80. The van der Waals surface area contributed by atoms with E-state index in [4.69, 9.17) is 0 Å². The fourth-order valence-electron chi connectivity index (χ4n) is 1.80.